The van der Waals surface area contributed by atoms with Gasteiger partial charge in [0, 0.05) is 17.8 Å². The first kappa shape index (κ1) is 28.4. The molecular formula is C26H27F6N3O4. The summed E-state index contributed by atoms with van der Waals surface area (Å²) in [6.07, 6.45) is -6.92. The van der Waals surface area contributed by atoms with Gasteiger partial charge in [-0.2, -0.15) is 13.2 Å². The van der Waals surface area contributed by atoms with Crippen LogP contribution in [0.2, 0.25) is 0 Å². The number of fused-ring (bicyclic) bond motifs is 1. The smallest absolute Gasteiger partial charge is 0.483 e. The van der Waals surface area contributed by atoms with Crippen LogP contribution in [0.25, 0.3) is 11.0 Å². The highest BCUT2D eigenvalue weighted by Gasteiger charge is 2.33. The van der Waals surface area contributed by atoms with Gasteiger partial charge >= 0.3 is 18.5 Å². The zero-order valence-electron chi connectivity index (χ0n) is 21.3. The van der Waals surface area contributed by atoms with Gasteiger partial charge in [-0.3, -0.25) is 0 Å². The molecule has 39 heavy (non-hydrogen) atoms. The summed E-state index contributed by atoms with van der Waals surface area (Å²) in [7, 11) is 1.10. The predicted octanol–water partition coefficient (Wildman–Crippen LogP) is 7.40. The van der Waals surface area contributed by atoms with Crippen molar-refractivity contribution in [3.05, 3.63) is 42.0 Å². The van der Waals surface area contributed by atoms with Crippen LogP contribution in [0.3, 0.4) is 0 Å². The Bertz CT molecular complexity index is 1310. The fourth-order valence-corrected chi connectivity index (χ4v) is 5.11. The molecule has 4 rings (SSSR count). The Labute approximate surface area is 220 Å². The number of imidazole rings is 1. The number of aromatic nitrogens is 2. The molecule has 0 aliphatic heterocycles. The summed E-state index contributed by atoms with van der Waals surface area (Å²) >= 11 is 0. The Morgan fingerprint density at radius 2 is 1.67 bits per heavy atom. The lowest BCUT2D eigenvalue weighted by Gasteiger charge is -2.33. The van der Waals surface area contributed by atoms with Crippen molar-refractivity contribution in [2.75, 3.05) is 19.0 Å². The van der Waals surface area contributed by atoms with Crippen molar-refractivity contribution < 1.29 is 45.3 Å². The summed E-state index contributed by atoms with van der Waals surface area (Å²) in [4.78, 5) is 17.0. The van der Waals surface area contributed by atoms with Crippen LogP contribution in [-0.2, 0) is 4.74 Å². The molecule has 1 aliphatic rings. The van der Waals surface area contributed by atoms with E-state index in [-0.39, 0.29) is 17.4 Å². The van der Waals surface area contributed by atoms with E-state index < -0.39 is 30.9 Å². The minimum Gasteiger partial charge on any atom is -0.483 e. The molecule has 0 spiro atoms. The van der Waals surface area contributed by atoms with Gasteiger partial charge in [0.15, 0.2) is 6.61 Å². The maximum Gasteiger partial charge on any atom is 0.573 e. The van der Waals surface area contributed by atoms with Crippen LogP contribution < -0.4 is 14.8 Å². The number of methoxy groups -OCH3 is 1. The Balaban J connectivity index is 1.80. The summed E-state index contributed by atoms with van der Waals surface area (Å²) in [6.45, 7) is 2.62. The van der Waals surface area contributed by atoms with E-state index in [2.05, 4.69) is 28.9 Å². The topological polar surface area (TPSA) is 74.6 Å². The van der Waals surface area contributed by atoms with Crippen molar-refractivity contribution >= 4 is 28.6 Å². The SMILES string of the molecule is COC(=O)c1cc2nc(Nc3ccc(OC(F)(F)F)cc3)n(C3CC(C)CC(C)C3)c2cc1OCC(F)(F)F. The molecule has 2 aromatic carbocycles. The molecule has 0 bridgehead atoms. The van der Waals surface area contributed by atoms with Crippen LogP contribution >= 0.6 is 0 Å². The molecule has 0 radical (unpaired) electrons. The van der Waals surface area contributed by atoms with E-state index in [1.54, 1.807) is 0 Å². The average Bonchev–Trinajstić information content (AvgIpc) is 3.17. The second-order valence-corrected chi connectivity index (χ2v) is 9.81. The number of hydrogen-bond acceptors (Lipinski definition) is 6. The number of nitrogens with zero attached hydrogens (tertiary/aromatic N) is 2. The largest absolute Gasteiger partial charge is 0.573 e. The minimum absolute atomic E-state index is 0.0940. The first-order valence-electron chi connectivity index (χ1n) is 12.2. The molecule has 1 N–H and O–H groups in total. The summed E-state index contributed by atoms with van der Waals surface area (Å²) in [5.74, 6) is -0.560. The van der Waals surface area contributed by atoms with Gasteiger partial charge in [-0.05, 0) is 61.4 Å². The molecule has 1 aromatic heterocycles. The van der Waals surface area contributed by atoms with E-state index in [1.165, 1.54) is 24.3 Å². The highest BCUT2D eigenvalue weighted by atomic mass is 19.4. The van der Waals surface area contributed by atoms with E-state index in [1.807, 2.05) is 4.57 Å². The third-order valence-corrected chi connectivity index (χ3v) is 6.45. The standard InChI is InChI=1S/C26H27F6N3O4/c1-14-8-15(2)10-17(9-14)35-21-12-22(38-13-25(27,28)29)19(23(36)37-3)11-20(21)34-24(35)33-16-4-6-18(7-5-16)39-26(30,31)32/h4-7,11-12,14-15,17H,8-10,13H2,1-3H3,(H,33,34). The van der Waals surface area contributed by atoms with Gasteiger partial charge < -0.3 is 24.1 Å². The molecule has 1 saturated carbocycles. The summed E-state index contributed by atoms with van der Waals surface area (Å²) in [6, 6.07) is 7.62. The van der Waals surface area contributed by atoms with Crippen molar-refractivity contribution in [3.63, 3.8) is 0 Å². The maximum absolute atomic E-state index is 13.0. The van der Waals surface area contributed by atoms with E-state index in [0.29, 0.717) is 34.5 Å². The van der Waals surface area contributed by atoms with Crippen LogP contribution in [-0.4, -0.2) is 41.8 Å². The Morgan fingerprint density at radius 1 is 1.03 bits per heavy atom. The van der Waals surface area contributed by atoms with Crippen LogP contribution in [0.15, 0.2) is 36.4 Å². The molecule has 0 saturated heterocycles. The lowest BCUT2D eigenvalue weighted by atomic mass is 9.80. The molecule has 7 nitrogen and oxygen atoms in total. The molecule has 212 valence electrons. The lowest BCUT2D eigenvalue weighted by molar-refractivity contribution is -0.274. The summed E-state index contributed by atoms with van der Waals surface area (Å²) in [5, 5.41) is 3.10. The first-order valence-corrected chi connectivity index (χ1v) is 12.2. The number of hydrogen-bond donors (Lipinski definition) is 1. The van der Waals surface area contributed by atoms with Crippen LogP contribution in [0.1, 0.15) is 49.5 Å². The van der Waals surface area contributed by atoms with Crippen molar-refractivity contribution in [1.29, 1.82) is 0 Å². The van der Waals surface area contributed by atoms with Crippen molar-refractivity contribution in [3.8, 4) is 11.5 Å². The van der Waals surface area contributed by atoms with Crippen molar-refractivity contribution in [2.45, 2.75) is 51.7 Å². The molecule has 13 heteroatoms. The quantitative estimate of drug-likeness (QED) is 0.240. The number of carbonyl (C=O) groups is 1. The second-order valence-electron chi connectivity index (χ2n) is 9.81. The molecule has 0 amide bonds. The summed E-state index contributed by atoms with van der Waals surface area (Å²) < 4.78 is 92.0. The van der Waals surface area contributed by atoms with E-state index in [9.17, 15) is 31.1 Å². The molecule has 1 aliphatic carbocycles. The maximum atomic E-state index is 13.0. The minimum atomic E-state index is -4.83. The molecule has 2 atom stereocenters. The third-order valence-electron chi connectivity index (χ3n) is 6.45. The number of nitrogens with one attached hydrogen (secondary N) is 1. The number of anilines is 2. The molecule has 3 aromatic rings. The molecule has 2 unspecified atom stereocenters. The van der Waals surface area contributed by atoms with Gasteiger partial charge in [-0.15, -0.1) is 13.2 Å². The van der Waals surface area contributed by atoms with E-state index in [4.69, 9.17) is 9.47 Å². The van der Waals surface area contributed by atoms with Crippen molar-refractivity contribution in [1.82, 2.24) is 9.55 Å². The van der Waals surface area contributed by atoms with Gasteiger partial charge in [-0.25, -0.2) is 9.78 Å². The third kappa shape index (κ3) is 7.07. The number of rotatable bonds is 7. The van der Waals surface area contributed by atoms with E-state index in [0.717, 1.165) is 38.5 Å². The van der Waals surface area contributed by atoms with E-state index >= 15 is 0 Å². The second kappa shape index (κ2) is 10.9. The first-order chi connectivity index (χ1) is 18.2. The van der Waals surface area contributed by atoms with Gasteiger partial charge in [-0.1, -0.05) is 13.8 Å². The van der Waals surface area contributed by atoms with Gasteiger partial charge in [0.25, 0.3) is 0 Å². The number of halogens is 6. The number of alkyl halides is 6. The predicted molar refractivity (Wildman–Crippen MR) is 130 cm³/mol. The Hall–Kier alpha value is -3.64. The van der Waals surface area contributed by atoms with Crippen LogP contribution in [0.4, 0.5) is 38.0 Å². The van der Waals surface area contributed by atoms with Crippen LogP contribution in [0, 0.1) is 11.8 Å². The normalized spacial score (nSPS) is 20.1. The molecular weight excluding hydrogens is 532 g/mol. The fraction of sp³-hybridized carbons (Fsp3) is 0.462. The number of ether oxygens (including phenoxy) is 3. The van der Waals surface area contributed by atoms with Crippen molar-refractivity contribution in [2.24, 2.45) is 11.8 Å². The Morgan fingerprint density at radius 3 is 2.23 bits per heavy atom. The summed E-state index contributed by atoms with van der Waals surface area (Å²) in [5.41, 5.74) is 0.926. The Kier molecular flexibility index (Phi) is 7.89. The van der Waals surface area contributed by atoms with Gasteiger partial charge in [0.1, 0.15) is 17.1 Å². The average molecular weight is 560 g/mol. The number of benzene rings is 2. The zero-order chi connectivity index (χ0) is 28.5. The highest BCUT2D eigenvalue weighted by molar-refractivity contribution is 5.97. The number of carbonyl (C=O) groups excluding carboxylic acids is 1. The monoisotopic (exact) mass is 559 g/mol. The highest BCUT2D eigenvalue weighted by Crippen LogP contribution is 2.41. The van der Waals surface area contributed by atoms with Gasteiger partial charge in [0.2, 0.25) is 5.95 Å². The molecule has 1 heterocycles. The fourth-order valence-electron chi connectivity index (χ4n) is 5.11. The lowest BCUT2D eigenvalue weighted by Crippen LogP contribution is -2.23. The molecule has 1 fully saturated rings. The van der Waals surface area contributed by atoms with Gasteiger partial charge in [0.05, 0.1) is 18.1 Å². The van der Waals surface area contributed by atoms with Crippen LogP contribution in [0.5, 0.6) is 11.5 Å². The number of esters is 1. The zero-order valence-corrected chi connectivity index (χ0v) is 21.3.